The van der Waals surface area contributed by atoms with Crippen LogP contribution in [0.15, 0.2) is 23.3 Å². The Kier molecular flexibility index (Phi) is 3.68. The van der Waals surface area contributed by atoms with Crippen molar-refractivity contribution in [3.8, 4) is 0 Å². The molecule has 0 atom stereocenters. The number of nitrogens with two attached hydrogens (primary N) is 1. The van der Waals surface area contributed by atoms with Crippen molar-refractivity contribution in [3.05, 3.63) is 35.4 Å². The fraction of sp³-hybridized carbons (Fsp3) is 0.111. The molecule has 1 aromatic rings. The van der Waals surface area contributed by atoms with Crippen molar-refractivity contribution in [2.45, 2.75) is 6.92 Å². The lowest BCUT2D eigenvalue weighted by Crippen LogP contribution is -2.25. The van der Waals surface area contributed by atoms with Crippen LogP contribution in [0.25, 0.3) is 0 Å². The van der Waals surface area contributed by atoms with Gasteiger partial charge in [0, 0.05) is 5.56 Å². The Morgan fingerprint density at radius 3 is 2.73 bits per heavy atom. The molecule has 0 aliphatic carbocycles. The molecule has 0 spiro atoms. The van der Waals surface area contributed by atoms with E-state index in [9.17, 15) is 8.78 Å². The van der Waals surface area contributed by atoms with E-state index in [0.717, 1.165) is 18.2 Å². The van der Waals surface area contributed by atoms with Gasteiger partial charge in [-0.3, -0.25) is 5.43 Å². The molecule has 0 amide bonds. The Labute approximate surface area is 91.0 Å². The van der Waals surface area contributed by atoms with Crippen LogP contribution in [0.5, 0.6) is 0 Å². The first-order valence-corrected chi connectivity index (χ1v) is 4.46. The van der Waals surface area contributed by atoms with Gasteiger partial charge in [-0.1, -0.05) is 0 Å². The van der Waals surface area contributed by atoms with E-state index in [1.54, 1.807) is 0 Å². The molecule has 6 heteroatoms. The Morgan fingerprint density at radius 1 is 1.47 bits per heavy atom. The zero-order valence-corrected chi connectivity index (χ0v) is 8.74. The molecule has 0 radical (unpaired) electrons. The van der Waals surface area contributed by atoms with Crippen molar-refractivity contribution < 1.29 is 8.78 Å². The van der Waals surface area contributed by atoms with Crippen LogP contribution in [-0.4, -0.2) is 10.8 Å². The summed E-state index contributed by atoms with van der Waals surface area (Å²) in [5.74, 6) is -1.08. The SMILES string of the molecule is CC(=NNC(N)=S)c1cc(F)ccc1F. The van der Waals surface area contributed by atoms with Crippen molar-refractivity contribution in [1.29, 1.82) is 0 Å². The minimum absolute atomic E-state index is 0.0360. The smallest absolute Gasteiger partial charge is 0.184 e. The molecule has 0 aliphatic rings. The molecule has 0 fully saturated rings. The second-order valence-corrected chi connectivity index (χ2v) is 3.24. The molecule has 1 rings (SSSR count). The van der Waals surface area contributed by atoms with Gasteiger partial charge in [-0.05, 0) is 37.3 Å². The lowest BCUT2D eigenvalue weighted by atomic mass is 10.1. The first kappa shape index (κ1) is 11.5. The topological polar surface area (TPSA) is 50.4 Å². The maximum Gasteiger partial charge on any atom is 0.184 e. The summed E-state index contributed by atoms with van der Waals surface area (Å²) in [4.78, 5) is 0. The fourth-order valence-corrected chi connectivity index (χ4v) is 1.02. The summed E-state index contributed by atoms with van der Waals surface area (Å²) in [7, 11) is 0. The highest BCUT2D eigenvalue weighted by Gasteiger charge is 2.06. The average Bonchev–Trinajstić information content (AvgIpc) is 2.18. The third-order valence-corrected chi connectivity index (χ3v) is 1.74. The number of hydrogen-bond acceptors (Lipinski definition) is 2. The summed E-state index contributed by atoms with van der Waals surface area (Å²) in [6, 6.07) is 3.12. The summed E-state index contributed by atoms with van der Waals surface area (Å²) in [6.45, 7) is 1.52. The van der Waals surface area contributed by atoms with Crippen molar-refractivity contribution in [3.63, 3.8) is 0 Å². The van der Waals surface area contributed by atoms with E-state index in [0.29, 0.717) is 0 Å². The second-order valence-electron chi connectivity index (χ2n) is 2.80. The first-order valence-electron chi connectivity index (χ1n) is 4.06. The van der Waals surface area contributed by atoms with Gasteiger partial charge < -0.3 is 5.73 Å². The number of hydrogen-bond donors (Lipinski definition) is 2. The molecule has 1 aromatic carbocycles. The summed E-state index contributed by atoms with van der Waals surface area (Å²) >= 11 is 4.51. The minimum atomic E-state index is -0.553. The third-order valence-electron chi connectivity index (χ3n) is 1.65. The van der Waals surface area contributed by atoms with E-state index < -0.39 is 11.6 Å². The summed E-state index contributed by atoms with van der Waals surface area (Å²) in [5.41, 5.74) is 7.76. The number of thiocarbonyl (C=S) groups is 1. The molecule has 0 aliphatic heterocycles. The van der Waals surface area contributed by atoms with Crippen molar-refractivity contribution in [1.82, 2.24) is 5.43 Å². The van der Waals surface area contributed by atoms with E-state index in [2.05, 4.69) is 22.7 Å². The maximum atomic E-state index is 13.2. The standard InChI is InChI=1S/C9H9F2N3S/c1-5(13-14-9(12)15)7-4-6(10)2-3-8(7)11/h2-4H,1H3,(H3,12,14,15). The number of halogens is 2. The Hall–Kier alpha value is -1.56. The molecule has 0 saturated heterocycles. The fourth-order valence-electron chi connectivity index (χ4n) is 0.974. The van der Waals surface area contributed by atoms with Crippen LogP contribution >= 0.6 is 12.2 Å². The van der Waals surface area contributed by atoms with E-state index in [-0.39, 0.29) is 16.4 Å². The monoisotopic (exact) mass is 229 g/mol. The van der Waals surface area contributed by atoms with E-state index in [1.807, 2.05) is 0 Å². The minimum Gasteiger partial charge on any atom is -0.375 e. The van der Waals surface area contributed by atoms with Crippen LogP contribution in [0.2, 0.25) is 0 Å². The van der Waals surface area contributed by atoms with Gasteiger partial charge in [0.2, 0.25) is 0 Å². The van der Waals surface area contributed by atoms with Gasteiger partial charge in [0.25, 0.3) is 0 Å². The molecule has 3 N–H and O–H groups in total. The Morgan fingerprint density at radius 2 is 2.13 bits per heavy atom. The highest BCUT2D eigenvalue weighted by atomic mass is 32.1. The van der Waals surface area contributed by atoms with Crippen molar-refractivity contribution in [2.24, 2.45) is 10.8 Å². The number of rotatable bonds is 2. The predicted molar refractivity (Wildman–Crippen MR) is 58.5 cm³/mol. The molecule has 0 bridgehead atoms. The molecule has 0 saturated carbocycles. The molecule has 0 unspecified atom stereocenters. The number of nitrogens with one attached hydrogen (secondary N) is 1. The molecule has 15 heavy (non-hydrogen) atoms. The number of benzene rings is 1. The zero-order valence-electron chi connectivity index (χ0n) is 7.92. The highest BCUT2D eigenvalue weighted by molar-refractivity contribution is 7.80. The van der Waals surface area contributed by atoms with Gasteiger partial charge in [-0.15, -0.1) is 0 Å². The van der Waals surface area contributed by atoms with Crippen LogP contribution < -0.4 is 11.2 Å². The average molecular weight is 229 g/mol. The van der Waals surface area contributed by atoms with Crippen LogP contribution in [0.4, 0.5) is 8.78 Å². The van der Waals surface area contributed by atoms with E-state index in [4.69, 9.17) is 5.73 Å². The van der Waals surface area contributed by atoms with Gasteiger partial charge in [0.15, 0.2) is 5.11 Å². The molecule has 80 valence electrons. The third kappa shape index (κ3) is 3.25. The predicted octanol–water partition coefficient (Wildman–Crippen LogP) is 1.52. The second kappa shape index (κ2) is 4.79. The quantitative estimate of drug-likeness (QED) is 0.459. The lowest BCUT2D eigenvalue weighted by molar-refractivity contribution is 0.598. The van der Waals surface area contributed by atoms with Crippen molar-refractivity contribution >= 4 is 23.0 Å². The first-order chi connectivity index (χ1) is 7.00. The Balaban J connectivity index is 2.99. The van der Waals surface area contributed by atoms with Gasteiger partial charge in [0.05, 0.1) is 5.71 Å². The van der Waals surface area contributed by atoms with Gasteiger partial charge in [-0.25, -0.2) is 8.78 Å². The summed E-state index contributed by atoms with van der Waals surface area (Å²) in [6.07, 6.45) is 0. The van der Waals surface area contributed by atoms with Crippen LogP contribution in [-0.2, 0) is 0 Å². The van der Waals surface area contributed by atoms with Crippen LogP contribution in [0.3, 0.4) is 0 Å². The summed E-state index contributed by atoms with van der Waals surface area (Å²) < 4.78 is 26.0. The normalized spacial score (nSPS) is 11.3. The van der Waals surface area contributed by atoms with Gasteiger partial charge in [0.1, 0.15) is 11.6 Å². The molecule has 3 nitrogen and oxygen atoms in total. The zero-order chi connectivity index (χ0) is 11.4. The molecular weight excluding hydrogens is 220 g/mol. The largest absolute Gasteiger partial charge is 0.375 e. The van der Waals surface area contributed by atoms with E-state index >= 15 is 0 Å². The highest BCUT2D eigenvalue weighted by Crippen LogP contribution is 2.10. The lowest BCUT2D eigenvalue weighted by Gasteiger charge is -2.03. The molecule has 0 aromatic heterocycles. The molecular formula is C9H9F2N3S. The van der Waals surface area contributed by atoms with Gasteiger partial charge >= 0.3 is 0 Å². The van der Waals surface area contributed by atoms with Gasteiger partial charge in [-0.2, -0.15) is 5.10 Å². The maximum absolute atomic E-state index is 13.2. The number of nitrogens with zero attached hydrogens (tertiary/aromatic N) is 1. The van der Waals surface area contributed by atoms with Crippen molar-refractivity contribution in [2.75, 3.05) is 0 Å². The summed E-state index contributed by atoms with van der Waals surface area (Å²) in [5, 5.41) is 3.65. The molecule has 0 heterocycles. The van der Waals surface area contributed by atoms with Crippen LogP contribution in [0.1, 0.15) is 12.5 Å². The van der Waals surface area contributed by atoms with Crippen LogP contribution in [0, 0.1) is 11.6 Å². The Bertz CT molecular complexity index is 418. The van der Waals surface area contributed by atoms with E-state index in [1.165, 1.54) is 6.92 Å². The number of hydrazone groups is 1.